The molecule has 0 aromatic rings. The monoisotopic (exact) mass is 198 g/mol. The lowest BCUT2D eigenvalue weighted by atomic mass is 9.86. The molecule has 0 amide bonds. The second-order valence-corrected chi connectivity index (χ2v) is 4.17. The molecule has 0 spiro atoms. The highest BCUT2D eigenvalue weighted by Crippen LogP contribution is 2.21. The normalized spacial score (nSPS) is 37.4. The van der Waals surface area contributed by atoms with Crippen LogP contribution in [-0.2, 0) is 9.53 Å². The molecule has 2 N–H and O–H groups in total. The fourth-order valence-corrected chi connectivity index (χ4v) is 2.47. The maximum atomic E-state index is 11.4. The topological polar surface area (TPSA) is 50.4 Å². The highest BCUT2D eigenvalue weighted by atomic mass is 16.5. The van der Waals surface area contributed by atoms with Crippen LogP contribution in [0.25, 0.3) is 0 Å². The number of carbonyl (C=O) groups excluding carboxylic acids is 1. The van der Waals surface area contributed by atoms with Crippen molar-refractivity contribution in [2.45, 2.75) is 31.3 Å². The van der Waals surface area contributed by atoms with Gasteiger partial charge in [-0.05, 0) is 25.8 Å². The molecule has 4 nitrogen and oxygen atoms in total. The Hall–Kier alpha value is -0.610. The molecule has 14 heavy (non-hydrogen) atoms. The zero-order valence-electron chi connectivity index (χ0n) is 8.58. The number of fused-ring (bicyclic) bond motifs is 1. The van der Waals surface area contributed by atoms with E-state index in [1.807, 2.05) is 0 Å². The second kappa shape index (κ2) is 4.28. The highest BCUT2D eigenvalue weighted by molar-refractivity contribution is 5.72. The van der Waals surface area contributed by atoms with Crippen LogP contribution in [0, 0.1) is 5.92 Å². The van der Waals surface area contributed by atoms with Crippen molar-refractivity contribution in [2.75, 3.05) is 20.2 Å². The Balaban J connectivity index is 1.92. The third-order valence-corrected chi connectivity index (χ3v) is 3.28. The predicted molar refractivity (Wildman–Crippen MR) is 52.9 cm³/mol. The van der Waals surface area contributed by atoms with Crippen molar-refractivity contribution in [3.05, 3.63) is 0 Å². The average molecular weight is 198 g/mol. The van der Waals surface area contributed by atoms with E-state index < -0.39 is 0 Å². The van der Waals surface area contributed by atoms with Crippen LogP contribution in [0.3, 0.4) is 0 Å². The molecule has 2 saturated heterocycles. The van der Waals surface area contributed by atoms with Crippen molar-refractivity contribution in [1.29, 1.82) is 0 Å². The van der Waals surface area contributed by atoms with E-state index in [4.69, 9.17) is 4.74 Å². The van der Waals surface area contributed by atoms with Gasteiger partial charge in [-0.15, -0.1) is 0 Å². The van der Waals surface area contributed by atoms with Crippen molar-refractivity contribution < 1.29 is 9.53 Å². The molecule has 0 saturated carbocycles. The Kier molecular flexibility index (Phi) is 3.03. The number of piperidine rings is 2. The number of nitrogens with one attached hydrogen (secondary N) is 2. The Labute approximate surface area is 84.4 Å². The van der Waals surface area contributed by atoms with Crippen molar-refractivity contribution in [1.82, 2.24) is 10.6 Å². The van der Waals surface area contributed by atoms with E-state index >= 15 is 0 Å². The summed E-state index contributed by atoms with van der Waals surface area (Å²) in [6.45, 7) is 1.85. The molecular weight excluding hydrogens is 180 g/mol. The van der Waals surface area contributed by atoms with Crippen LogP contribution in [0.1, 0.15) is 19.3 Å². The van der Waals surface area contributed by atoms with Gasteiger partial charge in [0.2, 0.25) is 0 Å². The zero-order valence-corrected chi connectivity index (χ0v) is 8.58. The molecule has 2 aliphatic heterocycles. The lowest BCUT2D eigenvalue weighted by molar-refractivity contribution is -0.146. The first kappa shape index (κ1) is 9.93. The van der Waals surface area contributed by atoms with E-state index in [-0.39, 0.29) is 11.9 Å². The Bertz CT molecular complexity index is 220. The average Bonchev–Trinajstić information content (AvgIpc) is 2.27. The summed E-state index contributed by atoms with van der Waals surface area (Å²) in [6.07, 6.45) is 3.38. The van der Waals surface area contributed by atoms with Gasteiger partial charge in [-0.1, -0.05) is 0 Å². The van der Waals surface area contributed by atoms with E-state index in [0.29, 0.717) is 12.1 Å². The number of carbonyl (C=O) groups is 1. The van der Waals surface area contributed by atoms with E-state index in [9.17, 15) is 4.79 Å². The van der Waals surface area contributed by atoms with Crippen LogP contribution >= 0.6 is 0 Å². The van der Waals surface area contributed by atoms with Gasteiger partial charge in [0.15, 0.2) is 0 Å². The van der Waals surface area contributed by atoms with Gasteiger partial charge in [-0.25, -0.2) is 0 Å². The van der Waals surface area contributed by atoms with Crippen LogP contribution in [0.15, 0.2) is 0 Å². The number of hydrogen-bond acceptors (Lipinski definition) is 4. The van der Waals surface area contributed by atoms with Crippen LogP contribution in [0.5, 0.6) is 0 Å². The first-order valence-electron chi connectivity index (χ1n) is 5.36. The minimum absolute atomic E-state index is 0.0341. The SMILES string of the molecule is COC(=O)C1CNC2CCCNC2C1. The van der Waals surface area contributed by atoms with E-state index in [2.05, 4.69) is 10.6 Å². The van der Waals surface area contributed by atoms with Gasteiger partial charge in [0.05, 0.1) is 13.0 Å². The third-order valence-electron chi connectivity index (χ3n) is 3.28. The Morgan fingerprint density at radius 1 is 1.36 bits per heavy atom. The second-order valence-electron chi connectivity index (χ2n) is 4.17. The summed E-state index contributed by atoms with van der Waals surface area (Å²) >= 11 is 0. The number of rotatable bonds is 1. The minimum Gasteiger partial charge on any atom is -0.469 e. The molecule has 2 rings (SSSR count). The van der Waals surface area contributed by atoms with Gasteiger partial charge in [0.1, 0.15) is 0 Å². The molecule has 2 aliphatic rings. The first-order chi connectivity index (χ1) is 6.81. The van der Waals surface area contributed by atoms with Crippen LogP contribution < -0.4 is 10.6 Å². The van der Waals surface area contributed by atoms with Gasteiger partial charge in [0, 0.05) is 18.6 Å². The van der Waals surface area contributed by atoms with Gasteiger partial charge < -0.3 is 15.4 Å². The molecule has 0 radical (unpaired) electrons. The standard InChI is InChI=1S/C10H18N2O2/c1-14-10(13)7-5-9-8(12-6-7)3-2-4-11-9/h7-9,11-12H,2-6H2,1H3. The van der Waals surface area contributed by atoms with Crippen molar-refractivity contribution in [2.24, 2.45) is 5.92 Å². The number of esters is 1. The summed E-state index contributed by atoms with van der Waals surface area (Å²) in [7, 11) is 1.46. The molecule has 3 atom stereocenters. The highest BCUT2D eigenvalue weighted by Gasteiger charge is 2.34. The van der Waals surface area contributed by atoms with Gasteiger partial charge in [0.25, 0.3) is 0 Å². The van der Waals surface area contributed by atoms with Crippen LogP contribution in [-0.4, -0.2) is 38.3 Å². The fourth-order valence-electron chi connectivity index (χ4n) is 2.47. The third kappa shape index (κ3) is 1.91. The van der Waals surface area contributed by atoms with Gasteiger partial charge >= 0.3 is 5.97 Å². The van der Waals surface area contributed by atoms with E-state index in [1.54, 1.807) is 0 Å². The fraction of sp³-hybridized carbons (Fsp3) is 0.900. The number of methoxy groups -OCH3 is 1. The first-order valence-corrected chi connectivity index (χ1v) is 5.36. The smallest absolute Gasteiger partial charge is 0.310 e. The maximum Gasteiger partial charge on any atom is 0.310 e. The summed E-state index contributed by atoms with van der Waals surface area (Å²) in [5, 5.41) is 6.88. The predicted octanol–water partition coefficient (Wildman–Crippen LogP) is -0.110. The van der Waals surface area contributed by atoms with Crippen LogP contribution in [0.2, 0.25) is 0 Å². The minimum atomic E-state index is -0.0803. The molecule has 80 valence electrons. The molecule has 0 aliphatic carbocycles. The Morgan fingerprint density at radius 3 is 3.00 bits per heavy atom. The van der Waals surface area contributed by atoms with Crippen molar-refractivity contribution in [3.8, 4) is 0 Å². The van der Waals surface area contributed by atoms with E-state index in [0.717, 1.165) is 19.5 Å². The molecular formula is C10H18N2O2. The summed E-state index contributed by atoms with van der Waals surface area (Å²) < 4.78 is 4.76. The van der Waals surface area contributed by atoms with Crippen molar-refractivity contribution in [3.63, 3.8) is 0 Å². The Morgan fingerprint density at radius 2 is 2.21 bits per heavy atom. The van der Waals surface area contributed by atoms with Gasteiger partial charge in [-0.3, -0.25) is 4.79 Å². The number of ether oxygens (including phenoxy) is 1. The quantitative estimate of drug-likeness (QED) is 0.577. The summed E-state index contributed by atoms with van der Waals surface area (Å²) in [5.74, 6) is -0.0461. The molecule has 0 aromatic heterocycles. The van der Waals surface area contributed by atoms with Gasteiger partial charge in [-0.2, -0.15) is 0 Å². The molecule has 2 fully saturated rings. The number of hydrogen-bond donors (Lipinski definition) is 2. The van der Waals surface area contributed by atoms with Crippen LogP contribution in [0.4, 0.5) is 0 Å². The maximum absolute atomic E-state index is 11.4. The largest absolute Gasteiger partial charge is 0.469 e. The summed E-state index contributed by atoms with van der Waals surface area (Å²) in [6, 6.07) is 1.02. The molecule has 0 bridgehead atoms. The molecule has 4 heteroatoms. The molecule has 2 heterocycles. The lowest BCUT2D eigenvalue weighted by Crippen LogP contribution is -2.58. The lowest BCUT2D eigenvalue weighted by Gasteiger charge is -2.39. The summed E-state index contributed by atoms with van der Waals surface area (Å²) in [4.78, 5) is 11.4. The van der Waals surface area contributed by atoms with E-state index in [1.165, 1.54) is 20.0 Å². The zero-order chi connectivity index (χ0) is 9.97. The summed E-state index contributed by atoms with van der Waals surface area (Å²) in [5.41, 5.74) is 0. The van der Waals surface area contributed by atoms with Crippen molar-refractivity contribution >= 4 is 5.97 Å². The molecule has 0 aromatic carbocycles. The molecule has 3 unspecified atom stereocenters.